The minimum absolute atomic E-state index is 0.131. The molecule has 0 radical (unpaired) electrons. The molecule has 0 amide bonds. The van der Waals surface area contributed by atoms with Crippen LogP contribution < -0.4 is 0 Å². The minimum atomic E-state index is -0.819. The third-order valence-electron chi connectivity index (χ3n) is 6.77. The van der Waals surface area contributed by atoms with Gasteiger partial charge in [0.05, 0.1) is 33.0 Å². The van der Waals surface area contributed by atoms with Gasteiger partial charge in [-0.05, 0) is 103 Å². The largest absolute Gasteiger partial charge is 0.481 e. The second-order valence-electron chi connectivity index (χ2n) is 11.2. The highest BCUT2D eigenvalue weighted by Crippen LogP contribution is 2.08. The van der Waals surface area contributed by atoms with Crippen molar-refractivity contribution in [3.63, 3.8) is 0 Å². The lowest BCUT2D eigenvalue weighted by atomic mass is 10.2. The van der Waals surface area contributed by atoms with Gasteiger partial charge in [-0.25, -0.2) is 4.79 Å². The molecule has 46 heavy (non-hydrogen) atoms. The van der Waals surface area contributed by atoms with E-state index < -0.39 is 11.9 Å². The summed E-state index contributed by atoms with van der Waals surface area (Å²) in [6.07, 6.45) is 11.7. The molecule has 0 rings (SSSR count). The number of carbonyl (C=O) groups is 6. The number of carbonyl (C=O) groups excluding carboxylic acids is 5. The summed E-state index contributed by atoms with van der Waals surface area (Å²) in [5.41, 5.74) is 0.367. The molecule has 0 heterocycles. The van der Waals surface area contributed by atoms with Crippen LogP contribution in [0.1, 0.15) is 135 Å². The molecule has 0 saturated heterocycles. The molecule has 264 valence electrons. The van der Waals surface area contributed by atoms with Crippen LogP contribution in [0.4, 0.5) is 0 Å². The second-order valence-corrected chi connectivity index (χ2v) is 11.2. The van der Waals surface area contributed by atoms with Crippen LogP contribution in [0.2, 0.25) is 0 Å². The Hall–Kier alpha value is -3.44. The molecule has 0 bridgehead atoms. The van der Waals surface area contributed by atoms with Gasteiger partial charge in [-0.15, -0.1) is 0 Å². The van der Waals surface area contributed by atoms with Crippen molar-refractivity contribution < 1.29 is 57.6 Å². The fourth-order valence-electron chi connectivity index (χ4n) is 4.07. The maximum Gasteiger partial charge on any atom is 0.333 e. The van der Waals surface area contributed by atoms with Crippen LogP contribution in [-0.4, -0.2) is 74.0 Å². The van der Waals surface area contributed by atoms with Crippen LogP contribution in [0.5, 0.6) is 0 Å². The first-order valence-corrected chi connectivity index (χ1v) is 16.8. The number of rotatable bonds is 31. The number of hydrogen-bond acceptors (Lipinski definition) is 11. The SMILES string of the molecule is C=C(C)C(=O)OCCCCCC(=O)OCCCCCC(=O)OCCCCCC(=O)OCCCCCC(=O)OCCCCCC(=O)O. The Balaban J connectivity index is 3.45. The summed E-state index contributed by atoms with van der Waals surface area (Å²) in [7, 11) is 0. The molecule has 12 nitrogen and oxygen atoms in total. The molecular formula is C34H56O12. The summed E-state index contributed by atoms with van der Waals surface area (Å²) < 4.78 is 25.8. The molecule has 12 heteroatoms. The summed E-state index contributed by atoms with van der Waals surface area (Å²) in [5, 5.41) is 8.57. The number of unbranched alkanes of at least 4 members (excludes halogenated alkanes) is 10. The fraction of sp³-hybridized carbons (Fsp3) is 0.765. The van der Waals surface area contributed by atoms with Gasteiger partial charge in [0.1, 0.15) is 0 Å². The van der Waals surface area contributed by atoms with Crippen molar-refractivity contribution in [1.82, 2.24) is 0 Å². The number of ether oxygens (including phenoxy) is 5. The van der Waals surface area contributed by atoms with Crippen LogP contribution in [0.3, 0.4) is 0 Å². The average Bonchev–Trinajstić information content (AvgIpc) is 3.01. The zero-order valence-corrected chi connectivity index (χ0v) is 27.8. The maximum absolute atomic E-state index is 11.9. The van der Waals surface area contributed by atoms with E-state index in [1.807, 2.05) is 0 Å². The summed E-state index contributed by atoms with van der Waals surface area (Å²) in [6.45, 7) is 6.68. The summed E-state index contributed by atoms with van der Waals surface area (Å²) >= 11 is 0. The van der Waals surface area contributed by atoms with Crippen molar-refractivity contribution in [2.45, 2.75) is 135 Å². The van der Waals surface area contributed by atoms with Crippen LogP contribution in [-0.2, 0) is 52.5 Å². The Bertz CT molecular complexity index is 899. The van der Waals surface area contributed by atoms with Gasteiger partial charge in [0.15, 0.2) is 0 Å². The molecular weight excluding hydrogens is 600 g/mol. The molecule has 0 saturated carbocycles. The molecule has 0 aromatic carbocycles. The lowest BCUT2D eigenvalue weighted by Gasteiger charge is -2.07. The predicted molar refractivity (Wildman–Crippen MR) is 170 cm³/mol. The number of carboxylic acids is 1. The van der Waals surface area contributed by atoms with Gasteiger partial charge in [0.25, 0.3) is 0 Å². The number of hydrogen-bond donors (Lipinski definition) is 1. The Morgan fingerprint density at radius 2 is 0.674 bits per heavy atom. The molecule has 0 aromatic rings. The van der Waals surface area contributed by atoms with Crippen molar-refractivity contribution >= 4 is 35.8 Å². The Morgan fingerprint density at radius 1 is 0.413 bits per heavy atom. The van der Waals surface area contributed by atoms with Crippen molar-refractivity contribution in [3.05, 3.63) is 12.2 Å². The molecule has 0 aliphatic carbocycles. The quantitative estimate of drug-likeness (QED) is 0.0391. The molecule has 0 fully saturated rings. The second kappa shape index (κ2) is 30.2. The van der Waals surface area contributed by atoms with E-state index in [2.05, 4.69) is 6.58 Å². The smallest absolute Gasteiger partial charge is 0.333 e. The first-order valence-electron chi connectivity index (χ1n) is 16.8. The van der Waals surface area contributed by atoms with E-state index >= 15 is 0 Å². The first kappa shape index (κ1) is 42.6. The molecule has 0 atom stereocenters. The zero-order valence-electron chi connectivity index (χ0n) is 27.8. The zero-order chi connectivity index (χ0) is 34.3. The van der Waals surface area contributed by atoms with Crippen LogP contribution in [0, 0.1) is 0 Å². The summed E-state index contributed by atoms with van der Waals surface area (Å²) in [5.74, 6) is -2.25. The monoisotopic (exact) mass is 656 g/mol. The van der Waals surface area contributed by atoms with E-state index in [0.717, 1.165) is 25.7 Å². The van der Waals surface area contributed by atoms with Gasteiger partial charge in [-0.2, -0.15) is 0 Å². The fourth-order valence-corrected chi connectivity index (χ4v) is 4.07. The van der Waals surface area contributed by atoms with E-state index in [1.165, 1.54) is 0 Å². The Kier molecular flexibility index (Phi) is 28.0. The third-order valence-corrected chi connectivity index (χ3v) is 6.77. The van der Waals surface area contributed by atoms with Crippen molar-refractivity contribution in [1.29, 1.82) is 0 Å². The molecule has 0 unspecified atom stereocenters. The normalized spacial score (nSPS) is 10.5. The van der Waals surface area contributed by atoms with Crippen molar-refractivity contribution in [2.24, 2.45) is 0 Å². The summed E-state index contributed by atoms with van der Waals surface area (Å²) in [6, 6.07) is 0. The lowest BCUT2D eigenvalue weighted by Crippen LogP contribution is -2.08. The van der Waals surface area contributed by atoms with Crippen LogP contribution in [0.25, 0.3) is 0 Å². The highest BCUT2D eigenvalue weighted by molar-refractivity contribution is 5.86. The summed E-state index contributed by atoms with van der Waals surface area (Å²) in [4.78, 5) is 68.8. The van der Waals surface area contributed by atoms with Crippen molar-refractivity contribution in [2.75, 3.05) is 33.0 Å². The van der Waals surface area contributed by atoms with Gasteiger partial charge >= 0.3 is 35.8 Å². The predicted octanol–water partition coefficient (Wildman–Crippen LogP) is 6.17. The average molecular weight is 657 g/mol. The minimum Gasteiger partial charge on any atom is -0.481 e. The number of esters is 5. The standard InChI is InChI=1S/C34H56O12/c1-28(2)34(41)46-27-17-7-12-22-33(40)45-26-16-6-11-21-32(39)44-25-15-5-10-20-31(38)43-24-14-4-9-19-30(37)42-23-13-3-8-18-29(35)36/h1,3-27H2,2H3,(H,35,36). The third kappa shape index (κ3) is 30.6. The van der Waals surface area contributed by atoms with E-state index in [1.54, 1.807) is 6.92 Å². The Labute approximate surface area is 273 Å². The van der Waals surface area contributed by atoms with Crippen molar-refractivity contribution in [3.8, 4) is 0 Å². The number of carboxylic acid groups (broad SMARTS) is 1. The van der Waals surface area contributed by atoms with Crippen LogP contribution >= 0.6 is 0 Å². The maximum atomic E-state index is 11.9. The van der Waals surface area contributed by atoms with E-state index in [4.69, 9.17) is 28.8 Å². The highest BCUT2D eigenvalue weighted by Gasteiger charge is 2.08. The molecule has 0 aliphatic rings. The van der Waals surface area contributed by atoms with E-state index in [9.17, 15) is 28.8 Å². The molecule has 0 spiro atoms. The van der Waals surface area contributed by atoms with Crippen LogP contribution in [0.15, 0.2) is 12.2 Å². The topological polar surface area (TPSA) is 169 Å². The molecule has 0 aliphatic heterocycles. The van der Waals surface area contributed by atoms with Gasteiger partial charge in [-0.1, -0.05) is 6.58 Å². The van der Waals surface area contributed by atoms with E-state index in [-0.39, 0.29) is 30.3 Å². The number of aliphatic carboxylic acids is 1. The van der Waals surface area contributed by atoms with Gasteiger partial charge < -0.3 is 28.8 Å². The Morgan fingerprint density at radius 3 is 0.935 bits per heavy atom. The molecule has 0 aromatic heterocycles. The highest BCUT2D eigenvalue weighted by atomic mass is 16.5. The van der Waals surface area contributed by atoms with E-state index in [0.29, 0.717) is 135 Å². The lowest BCUT2D eigenvalue weighted by molar-refractivity contribution is -0.145. The first-order chi connectivity index (χ1) is 22.1. The van der Waals surface area contributed by atoms with Gasteiger partial charge in [0.2, 0.25) is 0 Å². The molecule has 1 N–H and O–H groups in total. The van der Waals surface area contributed by atoms with Gasteiger partial charge in [0, 0.05) is 37.7 Å². The van der Waals surface area contributed by atoms with Gasteiger partial charge in [-0.3, -0.25) is 24.0 Å².